The molecule has 2 aliphatic rings. The minimum Gasteiger partial charge on any atom is -0.379 e. The van der Waals surface area contributed by atoms with Crippen LogP contribution in [0, 0.1) is 0 Å². The first-order chi connectivity index (χ1) is 19.8. The van der Waals surface area contributed by atoms with Crippen LogP contribution in [0.25, 0.3) is 27.1 Å². The first-order valence-electron chi connectivity index (χ1n) is 13.8. The number of imidazole rings is 1. The lowest BCUT2D eigenvalue weighted by atomic mass is 9.93. The highest BCUT2D eigenvalue weighted by Gasteiger charge is 2.38. The second kappa shape index (κ2) is 10.6. The number of benzene rings is 4. The second-order valence-corrected chi connectivity index (χ2v) is 10.4. The summed E-state index contributed by atoms with van der Waals surface area (Å²) in [6, 6.07) is 29.5. The van der Waals surface area contributed by atoms with Crippen molar-refractivity contribution in [3.8, 4) is 0 Å². The van der Waals surface area contributed by atoms with Crippen molar-refractivity contribution in [3.63, 3.8) is 0 Å². The Morgan fingerprint density at radius 1 is 0.825 bits per heavy atom. The molecule has 198 valence electrons. The van der Waals surface area contributed by atoms with Gasteiger partial charge >= 0.3 is 0 Å². The third-order valence-electron chi connectivity index (χ3n) is 8.13. The Morgan fingerprint density at radius 3 is 2.33 bits per heavy atom. The Balaban J connectivity index is 1.26. The predicted molar refractivity (Wildman–Crippen MR) is 158 cm³/mol. The minimum absolute atomic E-state index is 0.179. The fraction of sp³-hybridized carbons (Fsp3) is 0.206. The number of hydrogen-bond acceptors (Lipinski definition) is 5. The molecule has 40 heavy (non-hydrogen) atoms. The van der Waals surface area contributed by atoms with Crippen molar-refractivity contribution >= 4 is 33.1 Å². The van der Waals surface area contributed by atoms with Crippen LogP contribution in [0.2, 0.25) is 0 Å². The van der Waals surface area contributed by atoms with E-state index in [1.165, 1.54) is 27.1 Å². The van der Waals surface area contributed by atoms with Crippen molar-refractivity contribution < 1.29 is 9.53 Å². The van der Waals surface area contributed by atoms with Gasteiger partial charge in [-0.05, 0) is 32.7 Å². The van der Waals surface area contributed by atoms with Crippen molar-refractivity contribution in [1.29, 1.82) is 0 Å². The molecule has 1 fully saturated rings. The summed E-state index contributed by atoms with van der Waals surface area (Å²) in [6.07, 6.45) is 5.94. The Morgan fingerprint density at radius 2 is 1.52 bits per heavy atom. The average Bonchev–Trinajstić information content (AvgIpc) is 3.61. The first kappa shape index (κ1) is 24.6. The summed E-state index contributed by atoms with van der Waals surface area (Å²) in [5, 5.41) is 4.83. The van der Waals surface area contributed by atoms with Gasteiger partial charge in [-0.15, -0.1) is 0 Å². The molecular formula is C34H30N4O2. The van der Waals surface area contributed by atoms with Crippen LogP contribution in [0.1, 0.15) is 16.8 Å². The smallest absolute Gasteiger partial charge is 0.148 e. The molecule has 0 radical (unpaired) electrons. The largest absolute Gasteiger partial charge is 0.379 e. The lowest BCUT2D eigenvalue weighted by molar-refractivity contribution is 0.0314. The molecule has 2 aliphatic heterocycles. The van der Waals surface area contributed by atoms with Gasteiger partial charge in [0.05, 0.1) is 37.8 Å². The van der Waals surface area contributed by atoms with Crippen molar-refractivity contribution in [2.45, 2.75) is 19.1 Å². The number of ether oxygens (including phenoxy) is 1. The van der Waals surface area contributed by atoms with Crippen molar-refractivity contribution in [2.24, 2.45) is 0 Å². The van der Waals surface area contributed by atoms with Crippen molar-refractivity contribution in [1.82, 2.24) is 19.4 Å². The van der Waals surface area contributed by atoms with Crippen LogP contribution in [-0.4, -0.2) is 57.6 Å². The number of rotatable bonds is 6. The van der Waals surface area contributed by atoms with Crippen LogP contribution >= 0.6 is 0 Å². The summed E-state index contributed by atoms with van der Waals surface area (Å²) in [5.41, 5.74) is 5.19. The van der Waals surface area contributed by atoms with Gasteiger partial charge in [-0.1, -0.05) is 84.9 Å². The summed E-state index contributed by atoms with van der Waals surface area (Å²) in [7, 11) is 0. The van der Waals surface area contributed by atoms with E-state index in [1.54, 1.807) is 0 Å². The van der Waals surface area contributed by atoms with Crippen LogP contribution in [-0.2, 0) is 22.6 Å². The van der Waals surface area contributed by atoms with Crippen molar-refractivity contribution in [3.05, 3.63) is 126 Å². The maximum atomic E-state index is 12.6. The molecule has 6 heteroatoms. The van der Waals surface area contributed by atoms with Crippen LogP contribution < -0.4 is 0 Å². The van der Waals surface area contributed by atoms with E-state index in [4.69, 9.17) is 4.74 Å². The normalized spacial score (nSPS) is 17.9. The summed E-state index contributed by atoms with van der Waals surface area (Å²) >= 11 is 0. The van der Waals surface area contributed by atoms with E-state index in [0.717, 1.165) is 29.9 Å². The third kappa shape index (κ3) is 4.42. The number of carbonyl (C=O) groups excluding carboxylic acids is 1. The molecule has 0 aliphatic carbocycles. The molecular weight excluding hydrogens is 496 g/mol. The number of morpholine rings is 1. The van der Waals surface area contributed by atoms with Crippen molar-refractivity contribution in [2.75, 3.05) is 26.3 Å². The standard InChI is InChI=1S/C34H30N4O2/c39-23-33-34(36-15-17-40-18-16-36)32(31-14-6-10-26-8-2-4-13-30(26)31)22-37(33)21-28-19-35-24-38(28)20-27-11-5-9-25-7-1-3-12-29(25)27/h1-14,19,22,24,34H,15-18,20-21H2. The first-order valence-corrected chi connectivity index (χ1v) is 13.8. The zero-order chi connectivity index (χ0) is 26.9. The quantitative estimate of drug-likeness (QED) is 0.273. The number of hydrogen-bond donors (Lipinski definition) is 0. The molecule has 1 aromatic heterocycles. The Labute approximate surface area is 233 Å². The molecule has 0 N–H and O–H groups in total. The lowest BCUT2D eigenvalue weighted by Gasteiger charge is -2.34. The predicted octanol–water partition coefficient (Wildman–Crippen LogP) is 5.51. The summed E-state index contributed by atoms with van der Waals surface area (Å²) in [6.45, 7) is 4.09. The summed E-state index contributed by atoms with van der Waals surface area (Å²) in [5.74, 6) is 2.34. The fourth-order valence-electron chi connectivity index (χ4n) is 6.17. The fourth-order valence-corrected chi connectivity index (χ4v) is 6.17. The maximum Gasteiger partial charge on any atom is 0.148 e. The van der Waals surface area contributed by atoms with E-state index >= 15 is 0 Å². The molecule has 0 spiro atoms. The number of fused-ring (bicyclic) bond motifs is 2. The minimum atomic E-state index is -0.179. The zero-order valence-corrected chi connectivity index (χ0v) is 22.2. The SMILES string of the molecule is O=C=C1C(N2CCOCC2)C(c2cccc3ccccc23)=CN1Cc1cncn1Cc1cccc2ccccc12. The highest BCUT2D eigenvalue weighted by atomic mass is 16.5. The molecule has 6 nitrogen and oxygen atoms in total. The molecule has 7 rings (SSSR count). The van der Waals surface area contributed by atoms with Gasteiger partial charge in [0.25, 0.3) is 0 Å². The van der Waals surface area contributed by atoms with Gasteiger partial charge < -0.3 is 14.2 Å². The van der Waals surface area contributed by atoms with Gasteiger partial charge in [-0.25, -0.2) is 9.78 Å². The van der Waals surface area contributed by atoms with Gasteiger partial charge in [0.2, 0.25) is 0 Å². The highest BCUT2D eigenvalue weighted by Crippen LogP contribution is 2.39. The average molecular weight is 527 g/mol. The van der Waals surface area contributed by atoms with Gasteiger partial charge in [0, 0.05) is 37.6 Å². The monoisotopic (exact) mass is 526 g/mol. The van der Waals surface area contributed by atoms with E-state index in [0.29, 0.717) is 32.0 Å². The Kier molecular flexibility index (Phi) is 6.50. The molecule has 0 saturated carbocycles. The van der Waals surface area contributed by atoms with Gasteiger partial charge in [0.15, 0.2) is 0 Å². The molecule has 5 aromatic rings. The molecule has 0 bridgehead atoms. The molecule has 1 saturated heterocycles. The summed E-state index contributed by atoms with van der Waals surface area (Å²) < 4.78 is 7.84. The van der Waals surface area contributed by atoms with E-state index in [2.05, 4.69) is 116 Å². The van der Waals surface area contributed by atoms with E-state index in [9.17, 15) is 4.79 Å². The van der Waals surface area contributed by atoms with Crippen LogP contribution in [0.5, 0.6) is 0 Å². The molecule has 4 aromatic carbocycles. The topological polar surface area (TPSA) is 50.6 Å². The van der Waals surface area contributed by atoms with E-state index in [-0.39, 0.29) is 6.04 Å². The lowest BCUT2D eigenvalue weighted by Crippen LogP contribution is -2.45. The number of nitrogens with zero attached hydrogens (tertiary/aromatic N) is 4. The molecule has 0 amide bonds. The Bertz CT molecular complexity index is 1760. The van der Waals surface area contributed by atoms with Gasteiger partial charge in [0.1, 0.15) is 11.6 Å². The zero-order valence-electron chi connectivity index (χ0n) is 22.2. The Hall–Kier alpha value is -4.48. The third-order valence-corrected chi connectivity index (χ3v) is 8.13. The molecule has 3 heterocycles. The maximum absolute atomic E-state index is 12.6. The highest BCUT2D eigenvalue weighted by molar-refractivity contribution is 5.96. The van der Waals surface area contributed by atoms with Crippen LogP contribution in [0.15, 0.2) is 109 Å². The van der Waals surface area contributed by atoms with Crippen LogP contribution in [0.4, 0.5) is 0 Å². The van der Waals surface area contributed by atoms with Gasteiger partial charge in [-0.3, -0.25) is 4.90 Å². The van der Waals surface area contributed by atoms with E-state index in [1.807, 2.05) is 12.5 Å². The van der Waals surface area contributed by atoms with Gasteiger partial charge in [-0.2, -0.15) is 0 Å². The molecule has 1 unspecified atom stereocenters. The number of aromatic nitrogens is 2. The second-order valence-electron chi connectivity index (χ2n) is 10.4. The van der Waals surface area contributed by atoms with E-state index < -0.39 is 0 Å². The van der Waals surface area contributed by atoms with Crippen LogP contribution in [0.3, 0.4) is 0 Å². The molecule has 1 atom stereocenters. The summed E-state index contributed by atoms with van der Waals surface area (Å²) in [4.78, 5) is 21.6.